The van der Waals surface area contributed by atoms with E-state index >= 15 is 0 Å². The zero-order chi connectivity index (χ0) is 29.6. The number of rotatable bonds is 5. The number of anilines is 2. The number of benzene rings is 2. The Bertz CT molecular complexity index is 1560. The molecule has 2 saturated heterocycles. The second-order valence-electron chi connectivity index (χ2n) is 11.3. The Kier molecular flexibility index (Phi) is 7.09. The molecule has 0 N–H and O–H groups in total. The molecular weight excluding hydrogens is 543 g/mol. The van der Waals surface area contributed by atoms with Crippen LogP contribution in [0.3, 0.4) is 0 Å². The van der Waals surface area contributed by atoms with Crippen molar-refractivity contribution in [2.75, 3.05) is 49.6 Å². The van der Waals surface area contributed by atoms with E-state index in [0.717, 1.165) is 54.0 Å². The number of aromatic nitrogens is 1. The molecule has 3 aliphatic heterocycles. The van der Waals surface area contributed by atoms with Crippen LogP contribution in [0.15, 0.2) is 54.7 Å². The number of amides is 1. The van der Waals surface area contributed by atoms with Gasteiger partial charge in [-0.3, -0.25) is 4.79 Å². The van der Waals surface area contributed by atoms with Crippen LogP contribution in [-0.2, 0) is 16.4 Å². The minimum absolute atomic E-state index is 0.0132. The molecule has 1 amide bonds. The Morgan fingerprint density at radius 3 is 2.55 bits per heavy atom. The molecule has 2 fully saturated rings. The van der Waals surface area contributed by atoms with Crippen LogP contribution in [0, 0.1) is 11.3 Å². The maximum absolute atomic E-state index is 14.4. The molecule has 2 aromatic carbocycles. The van der Waals surface area contributed by atoms with Gasteiger partial charge in [0.25, 0.3) is 0 Å². The summed E-state index contributed by atoms with van der Waals surface area (Å²) in [4.78, 5) is 25.0. The first-order valence-corrected chi connectivity index (χ1v) is 14.3. The van der Waals surface area contributed by atoms with Crippen LogP contribution in [-0.4, -0.2) is 61.7 Å². The summed E-state index contributed by atoms with van der Waals surface area (Å²) in [5, 5.41) is 9.64. The highest BCUT2D eigenvalue weighted by Gasteiger charge is 2.54. The number of nitrogens with zero attached hydrogens (tertiary/aromatic N) is 5. The normalized spacial score (nSPS) is 20.2. The fourth-order valence-electron chi connectivity index (χ4n) is 6.80. The fraction of sp³-hybridized carbons (Fsp3) is 0.406. The molecule has 7 nitrogen and oxygen atoms in total. The predicted molar refractivity (Wildman–Crippen MR) is 154 cm³/mol. The topological polar surface area (TPSA) is 72.7 Å². The van der Waals surface area contributed by atoms with Gasteiger partial charge in [0.15, 0.2) is 0 Å². The van der Waals surface area contributed by atoms with Gasteiger partial charge in [0.1, 0.15) is 6.07 Å². The van der Waals surface area contributed by atoms with Gasteiger partial charge < -0.3 is 19.4 Å². The molecule has 0 saturated carbocycles. The molecule has 0 bridgehead atoms. The lowest BCUT2D eigenvalue weighted by molar-refractivity contribution is -0.137. The zero-order valence-electron chi connectivity index (χ0n) is 23.6. The molecule has 4 heterocycles. The number of likely N-dealkylation sites (N-methyl/N-ethyl adjacent to an activating group) is 1. The molecule has 6 rings (SSSR count). The van der Waals surface area contributed by atoms with Crippen molar-refractivity contribution in [2.45, 2.75) is 43.8 Å². The monoisotopic (exact) mass is 575 g/mol. The van der Waals surface area contributed by atoms with Gasteiger partial charge in [-0.25, -0.2) is 4.98 Å². The van der Waals surface area contributed by atoms with Gasteiger partial charge in [0, 0.05) is 37.1 Å². The van der Waals surface area contributed by atoms with E-state index in [1.54, 1.807) is 6.20 Å². The maximum Gasteiger partial charge on any atom is 0.416 e. The van der Waals surface area contributed by atoms with Gasteiger partial charge in [-0.1, -0.05) is 12.1 Å². The minimum Gasteiger partial charge on any atom is -0.478 e. The Hall–Kier alpha value is -4.10. The predicted octanol–water partition coefficient (Wildman–Crippen LogP) is 5.63. The molecule has 0 aliphatic carbocycles. The Balaban J connectivity index is 1.36. The van der Waals surface area contributed by atoms with Gasteiger partial charge in [-0.05, 0) is 87.3 Å². The highest BCUT2D eigenvalue weighted by atomic mass is 19.4. The van der Waals surface area contributed by atoms with Gasteiger partial charge in [-0.2, -0.15) is 18.4 Å². The van der Waals surface area contributed by atoms with E-state index in [1.165, 1.54) is 6.07 Å². The van der Waals surface area contributed by atoms with Crippen LogP contribution in [0.1, 0.15) is 42.9 Å². The first-order chi connectivity index (χ1) is 20.2. The summed E-state index contributed by atoms with van der Waals surface area (Å²) in [6, 6.07) is 15.3. The molecule has 42 heavy (non-hydrogen) atoms. The van der Waals surface area contributed by atoms with Crippen molar-refractivity contribution in [1.29, 1.82) is 5.26 Å². The van der Waals surface area contributed by atoms with Crippen LogP contribution in [0.4, 0.5) is 24.5 Å². The highest BCUT2D eigenvalue weighted by molar-refractivity contribution is 6.09. The molecular formula is C32H32F3N5O2. The number of hydrogen-bond donors (Lipinski definition) is 0. The number of halogens is 3. The van der Waals surface area contributed by atoms with Gasteiger partial charge in [0.05, 0.1) is 34.9 Å². The van der Waals surface area contributed by atoms with Crippen LogP contribution in [0.2, 0.25) is 0 Å². The highest BCUT2D eigenvalue weighted by Crippen LogP contribution is 2.51. The summed E-state index contributed by atoms with van der Waals surface area (Å²) in [7, 11) is 2.06. The van der Waals surface area contributed by atoms with Crippen molar-refractivity contribution in [2.24, 2.45) is 0 Å². The third-order valence-electron chi connectivity index (χ3n) is 8.90. The number of piperidine rings is 1. The molecule has 218 valence electrons. The number of carbonyl (C=O) groups excluding carboxylic acids is 1. The van der Waals surface area contributed by atoms with Crippen LogP contribution in [0.5, 0.6) is 5.88 Å². The van der Waals surface area contributed by atoms with Gasteiger partial charge >= 0.3 is 6.18 Å². The Morgan fingerprint density at radius 2 is 1.88 bits per heavy atom. The Labute approximate surface area is 243 Å². The maximum atomic E-state index is 14.4. The van der Waals surface area contributed by atoms with Gasteiger partial charge in [0.2, 0.25) is 11.8 Å². The van der Waals surface area contributed by atoms with Gasteiger partial charge in [-0.15, -0.1) is 0 Å². The fourth-order valence-corrected chi connectivity index (χ4v) is 6.80. The molecule has 0 radical (unpaired) electrons. The van der Waals surface area contributed by atoms with Crippen molar-refractivity contribution in [1.82, 2.24) is 9.88 Å². The third kappa shape index (κ3) is 4.66. The summed E-state index contributed by atoms with van der Waals surface area (Å²) in [6.45, 7) is 4.99. The first kappa shape index (κ1) is 28.0. The molecule has 3 aromatic rings. The van der Waals surface area contributed by atoms with Crippen molar-refractivity contribution < 1.29 is 22.7 Å². The largest absolute Gasteiger partial charge is 0.478 e. The number of alkyl halides is 3. The van der Waals surface area contributed by atoms with E-state index in [0.29, 0.717) is 44.1 Å². The Morgan fingerprint density at radius 1 is 1.10 bits per heavy atom. The quantitative estimate of drug-likeness (QED) is 0.393. The van der Waals surface area contributed by atoms with E-state index in [-0.39, 0.29) is 17.5 Å². The molecule has 1 atom stereocenters. The second-order valence-corrected chi connectivity index (χ2v) is 11.3. The first-order valence-electron chi connectivity index (χ1n) is 14.3. The van der Waals surface area contributed by atoms with Crippen molar-refractivity contribution in [3.8, 4) is 23.1 Å². The van der Waals surface area contributed by atoms with Crippen molar-refractivity contribution in [3.63, 3.8) is 0 Å². The van der Waals surface area contributed by atoms with Crippen LogP contribution >= 0.6 is 0 Å². The lowest BCUT2D eigenvalue weighted by atomic mass is 9.73. The summed E-state index contributed by atoms with van der Waals surface area (Å²) in [5.41, 5.74) is 2.56. The van der Waals surface area contributed by atoms with E-state index in [1.807, 2.05) is 41.0 Å². The SMILES string of the molecule is CCOc1ncccc1-c1ccc2c(c1)N([C@@H]1CCN(C)C1)C(=O)C21CCN(c2ccc(C(F)(F)F)cc2C#N)CC1. The lowest BCUT2D eigenvalue weighted by Crippen LogP contribution is -2.51. The average molecular weight is 576 g/mol. The lowest BCUT2D eigenvalue weighted by Gasteiger charge is -2.40. The third-order valence-corrected chi connectivity index (χ3v) is 8.90. The molecule has 0 unspecified atom stereocenters. The molecule has 1 aromatic heterocycles. The number of fused-ring (bicyclic) bond motifs is 2. The van der Waals surface area contributed by atoms with Crippen molar-refractivity contribution >= 4 is 17.3 Å². The van der Waals surface area contributed by atoms with Crippen LogP contribution < -0.4 is 14.5 Å². The smallest absolute Gasteiger partial charge is 0.416 e. The summed E-state index contributed by atoms with van der Waals surface area (Å²) in [6.07, 6.45) is -0.947. The minimum atomic E-state index is -4.52. The number of pyridine rings is 1. The summed E-state index contributed by atoms with van der Waals surface area (Å²) >= 11 is 0. The summed E-state index contributed by atoms with van der Waals surface area (Å²) in [5.74, 6) is 0.628. The van der Waals surface area contributed by atoms with E-state index in [2.05, 4.69) is 29.1 Å². The van der Waals surface area contributed by atoms with E-state index in [4.69, 9.17) is 4.74 Å². The molecule has 1 spiro atoms. The summed E-state index contributed by atoms with van der Waals surface area (Å²) < 4.78 is 45.6. The van der Waals surface area contributed by atoms with E-state index < -0.39 is 17.2 Å². The second kappa shape index (κ2) is 10.6. The number of ether oxygens (including phenoxy) is 1. The number of hydrogen-bond acceptors (Lipinski definition) is 6. The van der Waals surface area contributed by atoms with Crippen molar-refractivity contribution in [3.05, 3.63) is 71.4 Å². The number of carbonyl (C=O) groups is 1. The molecule has 3 aliphatic rings. The number of nitriles is 1. The standard InChI is InChI=1S/C32H32F3N5O2/c1-3-42-29-25(5-4-13-37-29)21-6-8-26-28(18-21)40(24-10-14-38(2)20-24)30(41)31(26)11-15-39(16-12-31)27-9-7-23(32(33,34)35)17-22(27)19-36/h4-9,13,17-18,24H,3,10-12,14-16,20H2,1-2H3/t24-/m1/s1. The van der Waals surface area contributed by atoms with E-state index in [9.17, 15) is 23.2 Å². The molecule has 10 heteroatoms. The van der Waals surface area contributed by atoms with Crippen LogP contribution in [0.25, 0.3) is 11.1 Å². The zero-order valence-corrected chi connectivity index (χ0v) is 23.6. The number of likely N-dealkylation sites (tertiary alicyclic amines) is 1. The average Bonchev–Trinajstić information content (AvgIpc) is 3.51.